The van der Waals surface area contributed by atoms with Gasteiger partial charge >= 0.3 is 0 Å². The number of nitrogens with zero attached hydrogens (tertiary/aromatic N) is 2. The number of hydrogen-bond acceptors (Lipinski definition) is 3. The monoisotopic (exact) mass is 245 g/mol. The topological polar surface area (TPSA) is 42.1 Å². The van der Waals surface area contributed by atoms with Crippen molar-refractivity contribution in [1.82, 2.24) is 4.98 Å². The summed E-state index contributed by atoms with van der Waals surface area (Å²) in [6.45, 7) is 2.37. The van der Waals surface area contributed by atoms with Gasteiger partial charge in [-0.15, -0.1) is 0 Å². The Labute approximate surface area is 109 Å². The molecule has 1 spiro atoms. The summed E-state index contributed by atoms with van der Waals surface area (Å²) in [6, 6.07) is 4.00. The molecule has 0 bridgehead atoms. The fourth-order valence-electron chi connectivity index (χ4n) is 3.63. The quantitative estimate of drug-likeness (QED) is 0.826. The molecule has 1 aliphatic carbocycles. The number of anilines is 2. The van der Waals surface area contributed by atoms with Crippen LogP contribution in [-0.4, -0.2) is 18.1 Å². The van der Waals surface area contributed by atoms with Gasteiger partial charge in [0.2, 0.25) is 0 Å². The van der Waals surface area contributed by atoms with Crippen molar-refractivity contribution in [1.29, 1.82) is 0 Å². The van der Waals surface area contributed by atoms with E-state index in [-0.39, 0.29) is 0 Å². The van der Waals surface area contributed by atoms with Crippen LogP contribution in [0.1, 0.15) is 44.9 Å². The van der Waals surface area contributed by atoms with E-state index in [1.54, 1.807) is 0 Å². The Balaban J connectivity index is 1.64. The molecule has 0 atom stereocenters. The Kier molecular flexibility index (Phi) is 3.14. The van der Waals surface area contributed by atoms with E-state index in [1.807, 2.05) is 12.3 Å². The average molecular weight is 245 g/mol. The van der Waals surface area contributed by atoms with Crippen molar-refractivity contribution < 1.29 is 0 Å². The Morgan fingerprint density at radius 1 is 1.00 bits per heavy atom. The van der Waals surface area contributed by atoms with Crippen molar-refractivity contribution in [2.24, 2.45) is 5.41 Å². The first-order chi connectivity index (χ1) is 8.77. The highest BCUT2D eigenvalue weighted by atomic mass is 15.1. The molecular weight excluding hydrogens is 222 g/mol. The lowest BCUT2D eigenvalue weighted by Crippen LogP contribution is -2.41. The van der Waals surface area contributed by atoms with Gasteiger partial charge in [-0.1, -0.05) is 19.3 Å². The second-order valence-electron chi connectivity index (χ2n) is 5.99. The third-order valence-corrected chi connectivity index (χ3v) is 4.87. The molecule has 18 heavy (non-hydrogen) atoms. The summed E-state index contributed by atoms with van der Waals surface area (Å²) in [5.74, 6) is 0.611. The van der Waals surface area contributed by atoms with Crippen LogP contribution in [0.3, 0.4) is 0 Å². The minimum Gasteiger partial charge on any atom is -0.384 e. The van der Waals surface area contributed by atoms with Gasteiger partial charge in [-0.25, -0.2) is 4.98 Å². The normalized spacial score (nSPS) is 23.2. The van der Waals surface area contributed by atoms with Crippen molar-refractivity contribution in [3.8, 4) is 0 Å². The zero-order chi connectivity index (χ0) is 12.4. The maximum Gasteiger partial charge on any atom is 0.123 e. The van der Waals surface area contributed by atoms with E-state index in [9.17, 15) is 0 Å². The van der Waals surface area contributed by atoms with Crippen LogP contribution in [0, 0.1) is 5.41 Å². The van der Waals surface area contributed by atoms with Gasteiger partial charge in [-0.3, -0.25) is 0 Å². The van der Waals surface area contributed by atoms with Crippen LogP contribution in [0.25, 0.3) is 0 Å². The lowest BCUT2D eigenvalue weighted by atomic mass is 9.68. The van der Waals surface area contributed by atoms with Crippen LogP contribution in [0.5, 0.6) is 0 Å². The van der Waals surface area contributed by atoms with Gasteiger partial charge in [0.05, 0.1) is 11.9 Å². The van der Waals surface area contributed by atoms with Crippen molar-refractivity contribution in [2.75, 3.05) is 23.7 Å². The number of piperidine rings is 1. The van der Waals surface area contributed by atoms with Crippen molar-refractivity contribution in [3.05, 3.63) is 18.3 Å². The van der Waals surface area contributed by atoms with E-state index >= 15 is 0 Å². The number of hydrogen-bond donors (Lipinski definition) is 1. The van der Waals surface area contributed by atoms with Crippen LogP contribution in [0.15, 0.2) is 18.3 Å². The Morgan fingerprint density at radius 2 is 1.72 bits per heavy atom. The Hall–Kier alpha value is -1.25. The van der Waals surface area contributed by atoms with Crippen LogP contribution in [-0.2, 0) is 0 Å². The maximum atomic E-state index is 5.64. The molecule has 1 saturated heterocycles. The maximum absolute atomic E-state index is 5.64. The third kappa shape index (κ3) is 2.31. The Bertz CT molecular complexity index is 383. The molecule has 0 unspecified atom stereocenters. The molecule has 3 rings (SSSR count). The minimum atomic E-state index is 0.611. The molecule has 1 aliphatic heterocycles. The summed E-state index contributed by atoms with van der Waals surface area (Å²) in [6.07, 6.45) is 11.9. The number of rotatable bonds is 1. The summed E-state index contributed by atoms with van der Waals surface area (Å²) in [5, 5.41) is 0. The molecule has 0 radical (unpaired) electrons. The second-order valence-corrected chi connectivity index (χ2v) is 5.99. The zero-order valence-electron chi connectivity index (χ0n) is 11.1. The second kappa shape index (κ2) is 4.79. The minimum absolute atomic E-state index is 0.611. The number of pyridine rings is 1. The molecule has 2 N–H and O–H groups in total. The van der Waals surface area contributed by atoms with Crippen molar-refractivity contribution in [2.45, 2.75) is 44.9 Å². The zero-order valence-corrected chi connectivity index (χ0v) is 11.1. The molecule has 0 aromatic carbocycles. The first-order valence-electron chi connectivity index (χ1n) is 7.24. The van der Waals surface area contributed by atoms with E-state index < -0.39 is 0 Å². The SMILES string of the molecule is Nc1ccc(N2CCC3(CCCCC3)CC2)cn1. The van der Waals surface area contributed by atoms with E-state index in [2.05, 4.69) is 16.0 Å². The molecule has 2 heterocycles. The van der Waals surface area contributed by atoms with Crippen molar-refractivity contribution >= 4 is 11.5 Å². The first-order valence-corrected chi connectivity index (χ1v) is 7.24. The molecule has 2 fully saturated rings. The lowest BCUT2D eigenvalue weighted by molar-refractivity contribution is 0.144. The van der Waals surface area contributed by atoms with Gasteiger partial charge in [-0.2, -0.15) is 0 Å². The molecule has 98 valence electrons. The number of nitrogen functional groups attached to an aromatic ring is 1. The average Bonchev–Trinajstić information content (AvgIpc) is 2.42. The van der Waals surface area contributed by atoms with Gasteiger partial charge < -0.3 is 10.6 Å². The highest BCUT2D eigenvalue weighted by Crippen LogP contribution is 2.45. The molecule has 1 aromatic rings. The van der Waals surface area contributed by atoms with E-state index in [1.165, 1.54) is 63.7 Å². The standard InChI is InChI=1S/C15H23N3/c16-14-5-4-13(12-17-14)18-10-8-15(9-11-18)6-2-1-3-7-15/h4-5,12H,1-3,6-11H2,(H2,16,17). The van der Waals surface area contributed by atoms with Crippen LogP contribution in [0.4, 0.5) is 11.5 Å². The van der Waals surface area contributed by atoms with Crippen LogP contribution < -0.4 is 10.6 Å². The highest BCUT2D eigenvalue weighted by molar-refractivity contribution is 5.48. The highest BCUT2D eigenvalue weighted by Gasteiger charge is 2.35. The number of aromatic nitrogens is 1. The third-order valence-electron chi connectivity index (χ3n) is 4.87. The molecule has 2 aliphatic rings. The van der Waals surface area contributed by atoms with Crippen LogP contribution in [0.2, 0.25) is 0 Å². The summed E-state index contributed by atoms with van der Waals surface area (Å²) >= 11 is 0. The summed E-state index contributed by atoms with van der Waals surface area (Å²) in [5.41, 5.74) is 7.55. The predicted octanol–water partition coefficient (Wildman–Crippen LogP) is 3.21. The number of nitrogens with two attached hydrogens (primary N) is 1. The summed E-state index contributed by atoms with van der Waals surface area (Å²) in [4.78, 5) is 6.66. The van der Waals surface area contributed by atoms with Gasteiger partial charge in [0.25, 0.3) is 0 Å². The lowest BCUT2D eigenvalue weighted by Gasteiger charge is -2.45. The van der Waals surface area contributed by atoms with E-state index in [4.69, 9.17) is 5.73 Å². The summed E-state index contributed by atoms with van der Waals surface area (Å²) in [7, 11) is 0. The molecule has 0 amide bonds. The Morgan fingerprint density at radius 3 is 2.33 bits per heavy atom. The van der Waals surface area contributed by atoms with Crippen molar-refractivity contribution in [3.63, 3.8) is 0 Å². The van der Waals surface area contributed by atoms with E-state index in [0.717, 1.165) is 0 Å². The fourth-order valence-corrected chi connectivity index (χ4v) is 3.63. The first kappa shape index (κ1) is 11.8. The molecular formula is C15H23N3. The van der Waals surface area contributed by atoms with Gasteiger partial charge in [0, 0.05) is 13.1 Å². The molecule has 1 saturated carbocycles. The smallest absolute Gasteiger partial charge is 0.123 e. The van der Waals surface area contributed by atoms with Gasteiger partial charge in [0.15, 0.2) is 0 Å². The molecule has 3 heteroatoms. The largest absolute Gasteiger partial charge is 0.384 e. The summed E-state index contributed by atoms with van der Waals surface area (Å²) < 4.78 is 0. The fraction of sp³-hybridized carbons (Fsp3) is 0.667. The van der Waals surface area contributed by atoms with Gasteiger partial charge in [0.1, 0.15) is 5.82 Å². The predicted molar refractivity (Wildman–Crippen MR) is 75.6 cm³/mol. The molecule has 3 nitrogen and oxygen atoms in total. The van der Waals surface area contributed by atoms with Gasteiger partial charge in [-0.05, 0) is 43.2 Å². The van der Waals surface area contributed by atoms with Crippen LogP contribution >= 0.6 is 0 Å². The molecule has 1 aromatic heterocycles. The van der Waals surface area contributed by atoms with E-state index in [0.29, 0.717) is 11.2 Å².